The summed E-state index contributed by atoms with van der Waals surface area (Å²) >= 11 is 5.99. The van der Waals surface area contributed by atoms with Gasteiger partial charge in [0.2, 0.25) is 0 Å². The number of carbonyl (C=O) groups is 1. The van der Waals surface area contributed by atoms with Gasteiger partial charge in [-0.1, -0.05) is 23.7 Å². The van der Waals surface area contributed by atoms with Crippen molar-refractivity contribution < 1.29 is 13.2 Å². The van der Waals surface area contributed by atoms with E-state index in [-0.39, 0.29) is 21.0 Å². The average Bonchev–Trinajstić information content (AvgIpc) is 2.47. The van der Waals surface area contributed by atoms with Crippen LogP contribution in [0.15, 0.2) is 41.4 Å². The van der Waals surface area contributed by atoms with E-state index in [0.29, 0.717) is 5.56 Å². The van der Waals surface area contributed by atoms with Crippen molar-refractivity contribution in [3.8, 4) is 0 Å². The van der Waals surface area contributed by atoms with Gasteiger partial charge in [0.15, 0.2) is 9.84 Å². The lowest BCUT2D eigenvalue weighted by Gasteiger charge is -2.19. The highest BCUT2D eigenvalue weighted by atomic mass is 35.5. The highest BCUT2D eigenvalue weighted by Gasteiger charge is 2.16. The second-order valence-corrected chi connectivity index (χ2v) is 7.66. The second-order valence-electron chi connectivity index (χ2n) is 5.21. The summed E-state index contributed by atoms with van der Waals surface area (Å²) in [6.45, 7) is 1.78. The number of pyridine rings is 1. The van der Waals surface area contributed by atoms with E-state index >= 15 is 0 Å². The van der Waals surface area contributed by atoms with E-state index in [1.165, 1.54) is 29.0 Å². The fourth-order valence-electron chi connectivity index (χ4n) is 2.24. The Kier molecular flexibility index (Phi) is 4.63. The molecular weight excluding hydrogens is 338 g/mol. The Hall–Kier alpha value is -2.12. The largest absolute Gasteiger partial charge is 0.365 e. The monoisotopic (exact) mass is 353 g/mol. The van der Waals surface area contributed by atoms with Gasteiger partial charge in [-0.25, -0.2) is 8.42 Å². The van der Waals surface area contributed by atoms with E-state index in [0.717, 1.165) is 6.26 Å². The number of nitrogens with two attached hydrogens (primary N) is 1. The standard InChI is InChI=1S/C15H16ClN3O3S/c1-9(10-4-3-5-12(6-10)23(2,21)22)19-8-11(16)7-13(14(19)17)15(18)20/h3-9,17H,1-2H3,(H2,18,20). The van der Waals surface area contributed by atoms with E-state index < -0.39 is 21.8 Å². The van der Waals surface area contributed by atoms with Crippen LogP contribution < -0.4 is 11.2 Å². The predicted octanol–water partition coefficient (Wildman–Crippen LogP) is 1.73. The van der Waals surface area contributed by atoms with Crippen LogP contribution in [-0.2, 0) is 9.84 Å². The molecule has 0 fully saturated rings. The molecule has 0 bridgehead atoms. The number of halogens is 1. The van der Waals surface area contributed by atoms with Gasteiger partial charge in [-0.2, -0.15) is 0 Å². The number of hydrogen-bond acceptors (Lipinski definition) is 4. The van der Waals surface area contributed by atoms with Gasteiger partial charge in [0.05, 0.1) is 21.5 Å². The molecule has 23 heavy (non-hydrogen) atoms. The fourth-order valence-corrected chi connectivity index (χ4v) is 3.13. The highest BCUT2D eigenvalue weighted by Crippen LogP contribution is 2.21. The van der Waals surface area contributed by atoms with Crippen molar-refractivity contribution >= 4 is 27.3 Å². The molecule has 1 aromatic carbocycles. The summed E-state index contributed by atoms with van der Waals surface area (Å²) in [7, 11) is -3.34. The third-order valence-electron chi connectivity index (χ3n) is 3.51. The number of hydrogen-bond donors (Lipinski definition) is 2. The predicted molar refractivity (Wildman–Crippen MR) is 87.2 cm³/mol. The highest BCUT2D eigenvalue weighted by molar-refractivity contribution is 7.90. The number of rotatable bonds is 4. The zero-order valence-corrected chi connectivity index (χ0v) is 14.1. The topological polar surface area (TPSA) is 106 Å². The average molecular weight is 354 g/mol. The zero-order chi connectivity index (χ0) is 17.4. The molecule has 0 saturated heterocycles. The first kappa shape index (κ1) is 17.2. The Morgan fingerprint density at radius 1 is 1.35 bits per heavy atom. The number of benzene rings is 1. The molecule has 8 heteroatoms. The van der Waals surface area contributed by atoms with Crippen LogP contribution in [-0.4, -0.2) is 25.1 Å². The summed E-state index contributed by atoms with van der Waals surface area (Å²) < 4.78 is 24.8. The molecule has 0 saturated carbocycles. The molecule has 0 spiro atoms. The number of amides is 1. The molecule has 3 N–H and O–H groups in total. The number of nitrogens with one attached hydrogen (secondary N) is 1. The molecule has 2 aromatic rings. The molecule has 6 nitrogen and oxygen atoms in total. The van der Waals surface area contributed by atoms with Crippen molar-refractivity contribution in [3.63, 3.8) is 0 Å². The number of primary amides is 1. The minimum Gasteiger partial charge on any atom is -0.365 e. The van der Waals surface area contributed by atoms with Gasteiger partial charge in [0.1, 0.15) is 5.49 Å². The Bertz CT molecular complexity index is 935. The van der Waals surface area contributed by atoms with E-state index in [9.17, 15) is 13.2 Å². The summed E-state index contributed by atoms with van der Waals surface area (Å²) in [6, 6.07) is 7.35. The van der Waals surface area contributed by atoms with Crippen LogP contribution in [0.4, 0.5) is 0 Å². The summed E-state index contributed by atoms with van der Waals surface area (Å²) in [5.41, 5.74) is 5.85. The third-order valence-corrected chi connectivity index (χ3v) is 4.83. The summed E-state index contributed by atoms with van der Waals surface area (Å²) in [6.07, 6.45) is 2.64. The molecule has 122 valence electrons. The molecule has 1 unspecified atom stereocenters. The van der Waals surface area contributed by atoms with Gasteiger partial charge in [-0.3, -0.25) is 10.2 Å². The molecule has 2 rings (SSSR count). The van der Waals surface area contributed by atoms with Crippen LogP contribution in [0.5, 0.6) is 0 Å². The Morgan fingerprint density at radius 3 is 2.57 bits per heavy atom. The maximum Gasteiger partial charge on any atom is 0.252 e. The van der Waals surface area contributed by atoms with Gasteiger partial charge in [0, 0.05) is 12.5 Å². The molecule has 1 atom stereocenters. The number of aromatic nitrogens is 1. The van der Waals surface area contributed by atoms with Crippen LogP contribution in [0.3, 0.4) is 0 Å². The molecule has 0 aliphatic carbocycles. The van der Waals surface area contributed by atoms with Gasteiger partial charge in [-0.15, -0.1) is 0 Å². The van der Waals surface area contributed by atoms with Crippen LogP contribution in [0, 0.1) is 5.41 Å². The minimum absolute atomic E-state index is 0.00335. The molecular formula is C15H16ClN3O3S. The Morgan fingerprint density at radius 2 is 2.00 bits per heavy atom. The van der Waals surface area contributed by atoms with E-state index in [4.69, 9.17) is 22.7 Å². The fraction of sp³-hybridized carbons (Fsp3) is 0.200. The third kappa shape index (κ3) is 3.62. The van der Waals surface area contributed by atoms with Crippen molar-refractivity contribution in [2.24, 2.45) is 5.73 Å². The molecule has 1 aromatic heterocycles. The summed E-state index contributed by atoms with van der Waals surface area (Å²) in [4.78, 5) is 11.6. The smallest absolute Gasteiger partial charge is 0.252 e. The van der Waals surface area contributed by atoms with Gasteiger partial charge in [0.25, 0.3) is 5.91 Å². The van der Waals surface area contributed by atoms with Crippen LogP contribution >= 0.6 is 11.6 Å². The van der Waals surface area contributed by atoms with E-state index in [1.807, 2.05) is 0 Å². The lowest BCUT2D eigenvalue weighted by atomic mass is 10.1. The number of nitrogens with zero attached hydrogens (tertiary/aromatic N) is 1. The first-order chi connectivity index (χ1) is 10.6. The summed E-state index contributed by atoms with van der Waals surface area (Å²) in [5, 5.41) is 8.38. The summed E-state index contributed by atoms with van der Waals surface area (Å²) in [5.74, 6) is -0.747. The Labute approximate surface area is 138 Å². The Balaban J connectivity index is 2.60. The maximum absolute atomic E-state index is 11.7. The molecule has 0 aliphatic rings. The SMILES string of the molecule is CC(c1cccc(S(C)(=O)=O)c1)n1cc(Cl)cc(C(N)=O)c1=N. The van der Waals surface area contributed by atoms with Crippen LogP contribution in [0.25, 0.3) is 0 Å². The zero-order valence-electron chi connectivity index (χ0n) is 12.6. The van der Waals surface area contributed by atoms with Crippen molar-refractivity contribution in [3.05, 3.63) is 58.2 Å². The second kappa shape index (κ2) is 6.17. The minimum atomic E-state index is -3.34. The van der Waals surface area contributed by atoms with Crippen LogP contribution in [0.2, 0.25) is 5.02 Å². The lowest BCUT2D eigenvalue weighted by molar-refractivity contribution is 0.0997. The molecule has 0 aliphatic heterocycles. The van der Waals surface area contributed by atoms with E-state index in [2.05, 4.69) is 0 Å². The molecule has 1 heterocycles. The molecule has 0 radical (unpaired) electrons. The quantitative estimate of drug-likeness (QED) is 0.874. The van der Waals surface area contributed by atoms with Crippen molar-refractivity contribution in [2.45, 2.75) is 17.9 Å². The van der Waals surface area contributed by atoms with Crippen molar-refractivity contribution in [1.82, 2.24) is 4.57 Å². The van der Waals surface area contributed by atoms with Crippen molar-refractivity contribution in [1.29, 1.82) is 5.41 Å². The molecule has 1 amide bonds. The maximum atomic E-state index is 11.7. The van der Waals surface area contributed by atoms with Crippen LogP contribution in [0.1, 0.15) is 28.9 Å². The first-order valence-corrected chi connectivity index (χ1v) is 8.94. The van der Waals surface area contributed by atoms with Gasteiger partial charge < -0.3 is 10.3 Å². The lowest BCUT2D eigenvalue weighted by Crippen LogP contribution is -2.31. The van der Waals surface area contributed by atoms with E-state index in [1.54, 1.807) is 19.1 Å². The van der Waals surface area contributed by atoms with Gasteiger partial charge >= 0.3 is 0 Å². The first-order valence-electron chi connectivity index (χ1n) is 6.67. The van der Waals surface area contributed by atoms with Crippen molar-refractivity contribution in [2.75, 3.05) is 6.26 Å². The normalized spacial score (nSPS) is 12.8. The number of sulfone groups is 1. The number of carbonyl (C=O) groups excluding carboxylic acids is 1. The van der Waals surface area contributed by atoms with Gasteiger partial charge in [-0.05, 0) is 30.7 Å².